The van der Waals surface area contributed by atoms with Crippen LogP contribution in [-0.4, -0.2) is 27.1 Å². The predicted molar refractivity (Wildman–Crippen MR) is 81.0 cm³/mol. The van der Waals surface area contributed by atoms with Crippen LogP contribution in [0.1, 0.15) is 0 Å². The first kappa shape index (κ1) is 15.0. The average Bonchev–Trinajstić information content (AvgIpc) is 2.49. The van der Waals surface area contributed by atoms with Crippen LogP contribution < -0.4 is 10.6 Å². The third kappa shape index (κ3) is 4.34. The summed E-state index contributed by atoms with van der Waals surface area (Å²) in [6.45, 7) is 0. The van der Waals surface area contributed by atoms with E-state index in [2.05, 4.69) is 15.6 Å². The van der Waals surface area contributed by atoms with Gasteiger partial charge in [0.1, 0.15) is 5.75 Å². The lowest BCUT2D eigenvalue weighted by Crippen LogP contribution is -2.11. The van der Waals surface area contributed by atoms with E-state index in [1.807, 2.05) is 0 Å². The van der Waals surface area contributed by atoms with Gasteiger partial charge in [0.2, 0.25) is 5.91 Å². The van der Waals surface area contributed by atoms with Gasteiger partial charge in [-0.3, -0.25) is 4.79 Å². The maximum absolute atomic E-state index is 11.6. The molecule has 1 heterocycles. The lowest BCUT2D eigenvalue weighted by molar-refractivity contribution is -0.131. The van der Waals surface area contributed by atoms with Crippen LogP contribution >= 0.6 is 0 Å². The fraction of sp³-hybridized carbons (Fsp3) is 0. The zero-order valence-electron chi connectivity index (χ0n) is 11.4. The third-order valence-corrected chi connectivity index (χ3v) is 2.57. The molecule has 1 amide bonds. The number of anilines is 3. The second kappa shape index (κ2) is 6.89. The van der Waals surface area contributed by atoms with E-state index in [0.717, 1.165) is 12.2 Å². The quantitative estimate of drug-likeness (QED) is 0.497. The monoisotopic (exact) mass is 299 g/mol. The topological polar surface area (TPSA) is 112 Å². The molecule has 0 saturated carbocycles. The highest BCUT2D eigenvalue weighted by Crippen LogP contribution is 2.23. The molecule has 0 radical (unpaired) electrons. The Kier molecular flexibility index (Phi) is 4.71. The number of rotatable bonds is 5. The van der Waals surface area contributed by atoms with E-state index in [4.69, 9.17) is 5.11 Å². The molecule has 0 aliphatic heterocycles. The number of aromatic nitrogens is 1. The SMILES string of the molecule is O=C(O)/C=C/C(=O)Nc1cccnc1Nc1ccc(O)cc1. The summed E-state index contributed by atoms with van der Waals surface area (Å²) < 4.78 is 0. The minimum atomic E-state index is -1.20. The number of pyridine rings is 1. The van der Waals surface area contributed by atoms with Crippen molar-refractivity contribution in [3.8, 4) is 5.75 Å². The van der Waals surface area contributed by atoms with E-state index < -0.39 is 11.9 Å². The van der Waals surface area contributed by atoms with Crippen LogP contribution in [0.3, 0.4) is 0 Å². The largest absolute Gasteiger partial charge is 0.508 e. The van der Waals surface area contributed by atoms with Gasteiger partial charge in [-0.25, -0.2) is 9.78 Å². The van der Waals surface area contributed by atoms with E-state index in [0.29, 0.717) is 17.2 Å². The fourth-order valence-corrected chi connectivity index (χ4v) is 1.61. The summed E-state index contributed by atoms with van der Waals surface area (Å²) in [5.41, 5.74) is 1.07. The number of hydrogen-bond acceptors (Lipinski definition) is 5. The van der Waals surface area contributed by atoms with E-state index >= 15 is 0 Å². The molecule has 4 N–H and O–H groups in total. The van der Waals surface area contributed by atoms with Crippen molar-refractivity contribution in [2.75, 3.05) is 10.6 Å². The van der Waals surface area contributed by atoms with E-state index in [1.54, 1.807) is 30.5 Å². The number of benzene rings is 1. The van der Waals surface area contributed by atoms with Crippen LogP contribution in [0, 0.1) is 0 Å². The lowest BCUT2D eigenvalue weighted by atomic mass is 10.3. The van der Waals surface area contributed by atoms with Crippen molar-refractivity contribution < 1.29 is 19.8 Å². The molecule has 7 nitrogen and oxygen atoms in total. The molecule has 0 bridgehead atoms. The van der Waals surface area contributed by atoms with Gasteiger partial charge in [-0.2, -0.15) is 0 Å². The van der Waals surface area contributed by atoms with Gasteiger partial charge in [-0.15, -0.1) is 0 Å². The molecule has 2 aromatic rings. The van der Waals surface area contributed by atoms with E-state index in [9.17, 15) is 14.7 Å². The molecule has 112 valence electrons. The van der Waals surface area contributed by atoms with Crippen molar-refractivity contribution in [2.45, 2.75) is 0 Å². The van der Waals surface area contributed by atoms with Gasteiger partial charge in [0, 0.05) is 24.0 Å². The smallest absolute Gasteiger partial charge is 0.328 e. The number of hydrogen-bond donors (Lipinski definition) is 4. The second-order valence-electron chi connectivity index (χ2n) is 4.23. The number of amides is 1. The van der Waals surface area contributed by atoms with Gasteiger partial charge in [-0.05, 0) is 36.4 Å². The molecule has 0 aliphatic rings. The van der Waals surface area contributed by atoms with Gasteiger partial charge in [0.15, 0.2) is 5.82 Å². The Hall–Kier alpha value is -3.35. The summed E-state index contributed by atoms with van der Waals surface area (Å²) in [5, 5.41) is 23.3. The summed E-state index contributed by atoms with van der Waals surface area (Å²) in [6.07, 6.45) is 3.21. The Morgan fingerprint density at radius 1 is 1.09 bits per heavy atom. The molecule has 0 aliphatic carbocycles. The van der Waals surface area contributed by atoms with Crippen molar-refractivity contribution >= 4 is 29.1 Å². The number of carbonyl (C=O) groups is 2. The van der Waals surface area contributed by atoms with Crippen LogP contribution in [0.5, 0.6) is 5.75 Å². The molecule has 0 fully saturated rings. The molecule has 0 spiro atoms. The maximum atomic E-state index is 11.6. The van der Waals surface area contributed by atoms with Crippen LogP contribution in [0.15, 0.2) is 54.7 Å². The molecule has 1 aromatic carbocycles. The number of carboxylic acids is 1. The molecular weight excluding hydrogens is 286 g/mol. The summed E-state index contributed by atoms with van der Waals surface area (Å²) in [5.74, 6) is -1.25. The zero-order valence-corrected chi connectivity index (χ0v) is 11.4. The van der Waals surface area contributed by atoms with Gasteiger partial charge in [0.25, 0.3) is 0 Å². The summed E-state index contributed by atoms with van der Waals surface area (Å²) in [6, 6.07) is 9.60. The Balaban J connectivity index is 2.14. The maximum Gasteiger partial charge on any atom is 0.328 e. The van der Waals surface area contributed by atoms with E-state index in [-0.39, 0.29) is 5.75 Å². The van der Waals surface area contributed by atoms with Gasteiger partial charge in [-0.1, -0.05) is 0 Å². The van der Waals surface area contributed by atoms with Crippen LogP contribution in [0.2, 0.25) is 0 Å². The molecule has 22 heavy (non-hydrogen) atoms. The highest BCUT2D eigenvalue weighted by molar-refractivity contribution is 6.03. The summed E-state index contributed by atoms with van der Waals surface area (Å²) in [7, 11) is 0. The average molecular weight is 299 g/mol. The standard InChI is InChI=1S/C15H13N3O4/c19-11-5-3-10(4-6-11)17-15-12(2-1-9-16-15)18-13(20)7-8-14(21)22/h1-9,19H,(H,16,17)(H,18,20)(H,21,22)/b8-7+. The number of nitrogens with one attached hydrogen (secondary N) is 2. The Morgan fingerprint density at radius 2 is 1.82 bits per heavy atom. The minimum absolute atomic E-state index is 0.138. The van der Waals surface area contributed by atoms with Crippen LogP contribution in [-0.2, 0) is 9.59 Å². The van der Waals surface area contributed by atoms with Crippen molar-refractivity contribution in [3.05, 3.63) is 54.7 Å². The molecule has 7 heteroatoms. The van der Waals surface area contributed by atoms with E-state index in [1.165, 1.54) is 12.1 Å². The molecular formula is C15H13N3O4. The highest BCUT2D eigenvalue weighted by atomic mass is 16.4. The first-order valence-electron chi connectivity index (χ1n) is 6.27. The molecule has 2 rings (SSSR count). The van der Waals surface area contributed by atoms with Crippen LogP contribution in [0.25, 0.3) is 0 Å². The zero-order chi connectivity index (χ0) is 15.9. The van der Waals surface area contributed by atoms with Crippen LogP contribution in [0.4, 0.5) is 17.2 Å². The Labute approximate surface area is 125 Å². The van der Waals surface area contributed by atoms with Crippen molar-refractivity contribution in [1.29, 1.82) is 0 Å². The van der Waals surface area contributed by atoms with Crippen molar-refractivity contribution in [2.24, 2.45) is 0 Å². The van der Waals surface area contributed by atoms with Gasteiger partial charge < -0.3 is 20.8 Å². The first-order valence-corrected chi connectivity index (χ1v) is 6.27. The van der Waals surface area contributed by atoms with Crippen molar-refractivity contribution in [1.82, 2.24) is 4.98 Å². The first-order chi connectivity index (χ1) is 10.5. The number of phenols is 1. The lowest BCUT2D eigenvalue weighted by Gasteiger charge is -2.11. The Bertz CT molecular complexity index is 711. The minimum Gasteiger partial charge on any atom is -0.508 e. The number of aliphatic carboxylic acids is 1. The highest BCUT2D eigenvalue weighted by Gasteiger charge is 2.06. The van der Waals surface area contributed by atoms with Crippen molar-refractivity contribution in [3.63, 3.8) is 0 Å². The molecule has 0 atom stereocenters. The fourth-order valence-electron chi connectivity index (χ4n) is 1.61. The molecule has 1 aromatic heterocycles. The predicted octanol–water partition coefficient (Wildman–Crippen LogP) is 2.11. The second-order valence-corrected chi connectivity index (χ2v) is 4.23. The number of phenolic OH excluding ortho intramolecular Hbond substituents is 1. The van der Waals surface area contributed by atoms with Gasteiger partial charge in [0.05, 0.1) is 5.69 Å². The van der Waals surface area contributed by atoms with Gasteiger partial charge >= 0.3 is 5.97 Å². The number of aromatic hydroxyl groups is 1. The molecule has 0 unspecified atom stereocenters. The summed E-state index contributed by atoms with van der Waals surface area (Å²) in [4.78, 5) is 26.1. The number of carbonyl (C=O) groups excluding carboxylic acids is 1. The normalized spacial score (nSPS) is 10.4. The number of nitrogens with zero attached hydrogens (tertiary/aromatic N) is 1. The Morgan fingerprint density at radius 3 is 2.50 bits per heavy atom. The third-order valence-electron chi connectivity index (χ3n) is 2.57. The number of carboxylic acid groups (broad SMARTS) is 1. The molecule has 0 saturated heterocycles. The summed E-state index contributed by atoms with van der Waals surface area (Å²) >= 11 is 0.